The Morgan fingerprint density at radius 1 is 1.11 bits per heavy atom. The Morgan fingerprint density at radius 3 is 2.43 bits per heavy atom. The third kappa shape index (κ3) is 4.13. The van der Waals surface area contributed by atoms with E-state index in [-0.39, 0.29) is 10.8 Å². The van der Waals surface area contributed by atoms with E-state index >= 15 is 0 Å². The summed E-state index contributed by atoms with van der Waals surface area (Å²) in [6.45, 7) is 0.759. The van der Waals surface area contributed by atoms with E-state index in [0.717, 1.165) is 5.56 Å². The van der Waals surface area contributed by atoms with E-state index < -0.39 is 16.1 Å². The first kappa shape index (κ1) is 20.2. The summed E-state index contributed by atoms with van der Waals surface area (Å²) < 4.78 is 37.1. The van der Waals surface area contributed by atoms with Gasteiger partial charge >= 0.3 is 0 Å². The number of hydrogen-bond donors (Lipinski definition) is 1. The van der Waals surface area contributed by atoms with Crippen LogP contribution in [0.1, 0.15) is 12.0 Å². The molecule has 3 rings (SSSR count). The van der Waals surface area contributed by atoms with Crippen LogP contribution in [0.15, 0.2) is 53.4 Å². The van der Waals surface area contributed by atoms with E-state index in [1.807, 2.05) is 18.2 Å². The highest BCUT2D eigenvalue weighted by Crippen LogP contribution is 2.28. The van der Waals surface area contributed by atoms with E-state index in [4.69, 9.17) is 9.47 Å². The Labute approximate surface area is 165 Å². The van der Waals surface area contributed by atoms with E-state index in [9.17, 15) is 13.2 Å². The summed E-state index contributed by atoms with van der Waals surface area (Å²) >= 11 is 0. The molecule has 1 aliphatic rings. The van der Waals surface area contributed by atoms with Crippen LogP contribution in [0.5, 0.6) is 11.5 Å². The number of methoxy groups -OCH3 is 2. The number of hydrogen-bond acceptors (Lipinski definition) is 5. The maximum absolute atomic E-state index is 12.7. The number of sulfonamides is 1. The zero-order valence-electron chi connectivity index (χ0n) is 15.9. The third-order valence-corrected chi connectivity index (χ3v) is 6.71. The highest BCUT2D eigenvalue weighted by molar-refractivity contribution is 7.89. The molecule has 7 nitrogen and oxygen atoms in total. The van der Waals surface area contributed by atoms with Crippen LogP contribution in [0.4, 0.5) is 0 Å². The standard InChI is InChI=1S/C20H24N2O5S/c1-26-18-9-8-15(14-19(18)27-2)10-12-21-20(23)17-11-13-22(17)28(24,25)16-6-4-3-5-7-16/h3-9,14,17H,10-13H2,1-2H3,(H,21,23)/t17-/m1/s1. The topological polar surface area (TPSA) is 84.9 Å². The lowest BCUT2D eigenvalue weighted by Crippen LogP contribution is -2.58. The molecular formula is C20H24N2O5S. The van der Waals surface area contributed by atoms with Gasteiger partial charge in [-0.25, -0.2) is 8.42 Å². The molecule has 1 aliphatic heterocycles. The summed E-state index contributed by atoms with van der Waals surface area (Å²) in [5, 5.41) is 2.84. The Balaban J connectivity index is 1.57. The van der Waals surface area contributed by atoms with E-state index in [1.165, 1.54) is 4.31 Å². The molecule has 2 aromatic rings. The number of rotatable bonds is 8. The summed E-state index contributed by atoms with van der Waals surface area (Å²) in [5.41, 5.74) is 0.986. The summed E-state index contributed by atoms with van der Waals surface area (Å²) in [6.07, 6.45) is 1.12. The van der Waals surface area contributed by atoms with Crippen molar-refractivity contribution in [3.8, 4) is 11.5 Å². The quantitative estimate of drug-likeness (QED) is 0.726. The van der Waals surface area contributed by atoms with Gasteiger partial charge in [-0.15, -0.1) is 0 Å². The third-order valence-electron chi connectivity index (χ3n) is 4.78. The van der Waals surface area contributed by atoms with Crippen LogP contribution in [0.2, 0.25) is 0 Å². The number of benzene rings is 2. The summed E-state index contributed by atoms with van der Waals surface area (Å²) in [7, 11) is -0.502. The monoisotopic (exact) mass is 404 g/mol. The zero-order chi connectivity index (χ0) is 20.1. The van der Waals surface area contributed by atoms with Crippen molar-refractivity contribution in [1.29, 1.82) is 0 Å². The second-order valence-corrected chi connectivity index (χ2v) is 8.35. The van der Waals surface area contributed by atoms with Crippen LogP contribution in [0.3, 0.4) is 0 Å². The molecule has 2 aromatic carbocycles. The van der Waals surface area contributed by atoms with E-state index in [2.05, 4.69) is 5.32 Å². The number of nitrogens with one attached hydrogen (secondary N) is 1. The molecule has 1 heterocycles. The van der Waals surface area contributed by atoms with Crippen molar-refractivity contribution in [1.82, 2.24) is 9.62 Å². The Bertz CT molecular complexity index is 931. The average molecular weight is 404 g/mol. The summed E-state index contributed by atoms with van der Waals surface area (Å²) in [4.78, 5) is 12.7. The predicted molar refractivity (Wildman–Crippen MR) is 105 cm³/mol. The van der Waals surface area contributed by atoms with Gasteiger partial charge in [-0.2, -0.15) is 4.31 Å². The number of nitrogens with zero attached hydrogens (tertiary/aromatic N) is 1. The minimum atomic E-state index is -3.65. The molecule has 1 fully saturated rings. The minimum absolute atomic E-state index is 0.206. The average Bonchev–Trinajstić information content (AvgIpc) is 2.67. The maximum Gasteiger partial charge on any atom is 0.243 e. The highest BCUT2D eigenvalue weighted by Gasteiger charge is 2.42. The number of amides is 1. The minimum Gasteiger partial charge on any atom is -0.493 e. The highest BCUT2D eigenvalue weighted by atomic mass is 32.2. The zero-order valence-corrected chi connectivity index (χ0v) is 16.7. The second kappa shape index (κ2) is 8.62. The van der Waals surface area contributed by atoms with Crippen LogP contribution in [-0.2, 0) is 21.2 Å². The summed E-state index contributed by atoms with van der Waals surface area (Å²) in [5.74, 6) is 1.00. The Morgan fingerprint density at radius 2 is 1.82 bits per heavy atom. The number of carbonyl (C=O) groups is 1. The van der Waals surface area contributed by atoms with Crippen molar-refractivity contribution in [2.75, 3.05) is 27.3 Å². The summed E-state index contributed by atoms with van der Waals surface area (Å²) in [6, 6.07) is 13.1. The van der Waals surface area contributed by atoms with Gasteiger partial charge in [-0.05, 0) is 42.7 Å². The smallest absolute Gasteiger partial charge is 0.243 e. The van der Waals surface area contributed by atoms with Crippen LogP contribution in [-0.4, -0.2) is 52.0 Å². The van der Waals surface area contributed by atoms with Gasteiger partial charge in [-0.1, -0.05) is 24.3 Å². The van der Waals surface area contributed by atoms with Crippen molar-refractivity contribution in [2.24, 2.45) is 0 Å². The van der Waals surface area contributed by atoms with Gasteiger partial charge in [0.25, 0.3) is 0 Å². The lowest BCUT2D eigenvalue weighted by molar-refractivity contribution is -0.127. The second-order valence-electron chi connectivity index (χ2n) is 6.46. The molecule has 1 atom stereocenters. The molecular weight excluding hydrogens is 380 g/mol. The Hall–Kier alpha value is -2.58. The molecule has 8 heteroatoms. The molecule has 0 radical (unpaired) electrons. The number of carbonyl (C=O) groups excluding carboxylic acids is 1. The van der Waals surface area contributed by atoms with Crippen molar-refractivity contribution >= 4 is 15.9 Å². The molecule has 1 saturated heterocycles. The fourth-order valence-electron chi connectivity index (χ4n) is 3.13. The van der Waals surface area contributed by atoms with E-state index in [0.29, 0.717) is 37.4 Å². The van der Waals surface area contributed by atoms with Gasteiger partial charge in [0.05, 0.1) is 19.1 Å². The van der Waals surface area contributed by atoms with Gasteiger partial charge in [0, 0.05) is 13.1 Å². The lowest BCUT2D eigenvalue weighted by atomic mass is 10.1. The SMILES string of the molecule is COc1ccc(CCNC(=O)[C@H]2CCN2S(=O)(=O)c2ccccc2)cc1OC. The van der Waals surface area contributed by atoms with Gasteiger partial charge in [0.15, 0.2) is 11.5 Å². The molecule has 0 aliphatic carbocycles. The molecule has 0 unspecified atom stereocenters. The first-order valence-corrected chi connectivity index (χ1v) is 10.5. The van der Waals surface area contributed by atoms with Crippen LogP contribution < -0.4 is 14.8 Å². The molecule has 150 valence electrons. The predicted octanol–water partition coefficient (Wildman–Crippen LogP) is 1.83. The fourth-order valence-corrected chi connectivity index (χ4v) is 4.78. The van der Waals surface area contributed by atoms with Crippen LogP contribution in [0, 0.1) is 0 Å². The van der Waals surface area contributed by atoms with Gasteiger partial charge in [0.1, 0.15) is 6.04 Å². The molecule has 0 spiro atoms. The molecule has 1 amide bonds. The van der Waals surface area contributed by atoms with Crippen molar-refractivity contribution in [3.05, 3.63) is 54.1 Å². The first-order chi connectivity index (χ1) is 13.5. The van der Waals surface area contributed by atoms with Crippen molar-refractivity contribution < 1.29 is 22.7 Å². The number of ether oxygens (including phenoxy) is 2. The van der Waals surface area contributed by atoms with Crippen LogP contribution >= 0.6 is 0 Å². The van der Waals surface area contributed by atoms with Gasteiger partial charge < -0.3 is 14.8 Å². The maximum atomic E-state index is 12.7. The van der Waals surface area contributed by atoms with Gasteiger partial charge in [0.2, 0.25) is 15.9 Å². The lowest BCUT2D eigenvalue weighted by Gasteiger charge is -2.38. The van der Waals surface area contributed by atoms with Gasteiger partial charge in [-0.3, -0.25) is 4.79 Å². The first-order valence-electron chi connectivity index (χ1n) is 9.03. The molecule has 28 heavy (non-hydrogen) atoms. The van der Waals surface area contributed by atoms with E-state index in [1.54, 1.807) is 44.6 Å². The molecule has 0 bridgehead atoms. The molecule has 0 saturated carbocycles. The normalized spacial score (nSPS) is 16.9. The fraction of sp³-hybridized carbons (Fsp3) is 0.350. The molecule has 1 N–H and O–H groups in total. The van der Waals surface area contributed by atoms with Crippen molar-refractivity contribution in [2.45, 2.75) is 23.8 Å². The molecule has 0 aromatic heterocycles. The largest absolute Gasteiger partial charge is 0.493 e. The Kier molecular flexibility index (Phi) is 6.21. The van der Waals surface area contributed by atoms with Crippen molar-refractivity contribution in [3.63, 3.8) is 0 Å². The van der Waals surface area contributed by atoms with Crippen LogP contribution in [0.25, 0.3) is 0 Å².